The average Bonchev–Trinajstić information content (AvgIpc) is 2.96. The molecule has 0 fully saturated rings. The predicted molar refractivity (Wildman–Crippen MR) is 87.0 cm³/mol. The first-order chi connectivity index (χ1) is 10.5. The van der Waals surface area contributed by atoms with E-state index in [0.717, 1.165) is 29.5 Å². The van der Waals surface area contributed by atoms with Crippen LogP contribution in [0.4, 0.5) is 0 Å². The fourth-order valence-electron chi connectivity index (χ4n) is 2.94. The highest BCUT2D eigenvalue weighted by Gasteiger charge is 2.22. The second kappa shape index (κ2) is 5.81. The van der Waals surface area contributed by atoms with Crippen LogP contribution in [0, 0.1) is 0 Å². The molecule has 22 heavy (non-hydrogen) atoms. The summed E-state index contributed by atoms with van der Waals surface area (Å²) < 4.78 is 0. The monoisotopic (exact) mass is 320 g/mol. The van der Waals surface area contributed by atoms with Gasteiger partial charge in [-0.2, -0.15) is 0 Å². The largest absolute Gasteiger partial charge is 0.369 e. The highest BCUT2D eigenvalue weighted by Crippen LogP contribution is 2.34. The van der Waals surface area contributed by atoms with Crippen molar-refractivity contribution in [2.24, 2.45) is 5.73 Å². The molecule has 0 radical (unpaired) electrons. The van der Waals surface area contributed by atoms with Gasteiger partial charge in [0.05, 0.1) is 18.5 Å². The molecule has 6 nitrogen and oxygen atoms in total. The Morgan fingerprint density at radius 1 is 1.45 bits per heavy atom. The Balaban J connectivity index is 1.95. The van der Waals surface area contributed by atoms with Gasteiger partial charge in [-0.25, -0.2) is 4.98 Å². The minimum Gasteiger partial charge on any atom is -0.369 e. The molecule has 1 amide bonds. The third-order valence-electron chi connectivity index (χ3n) is 4.07. The van der Waals surface area contributed by atoms with Crippen LogP contribution in [0.1, 0.15) is 36.5 Å². The summed E-state index contributed by atoms with van der Waals surface area (Å²) in [5.74, 6) is 0.208. The fraction of sp³-hybridized carbons (Fsp3) is 0.533. The van der Waals surface area contributed by atoms with Crippen LogP contribution < -0.4 is 11.3 Å². The lowest BCUT2D eigenvalue weighted by molar-refractivity contribution is -0.119. The van der Waals surface area contributed by atoms with Gasteiger partial charge in [-0.15, -0.1) is 11.3 Å². The van der Waals surface area contributed by atoms with Crippen LogP contribution in [-0.4, -0.2) is 33.4 Å². The molecule has 2 heterocycles. The minimum absolute atomic E-state index is 0.0674. The summed E-state index contributed by atoms with van der Waals surface area (Å²) in [7, 11) is 0. The van der Waals surface area contributed by atoms with Crippen LogP contribution in [0.15, 0.2) is 4.79 Å². The highest BCUT2D eigenvalue weighted by atomic mass is 32.1. The number of hydrogen-bond donors (Lipinski definition) is 2. The number of carbonyl (C=O) groups excluding carboxylic acids is 1. The van der Waals surface area contributed by atoms with E-state index in [4.69, 9.17) is 5.73 Å². The maximum Gasteiger partial charge on any atom is 0.259 e. The molecule has 118 valence electrons. The number of nitrogens with zero attached hydrogens (tertiary/aromatic N) is 2. The topological polar surface area (TPSA) is 92.1 Å². The lowest BCUT2D eigenvalue weighted by Crippen LogP contribution is -2.38. The number of aromatic nitrogens is 2. The van der Waals surface area contributed by atoms with Gasteiger partial charge in [-0.1, -0.05) is 0 Å². The van der Waals surface area contributed by atoms with Crippen LogP contribution >= 0.6 is 11.3 Å². The van der Waals surface area contributed by atoms with Crippen molar-refractivity contribution in [1.82, 2.24) is 14.9 Å². The van der Waals surface area contributed by atoms with E-state index in [2.05, 4.69) is 9.97 Å². The fourth-order valence-corrected chi connectivity index (χ4v) is 4.22. The summed E-state index contributed by atoms with van der Waals surface area (Å²) in [6.07, 6.45) is 3.14. The predicted octanol–water partition coefficient (Wildman–Crippen LogP) is 1.17. The van der Waals surface area contributed by atoms with E-state index in [1.165, 1.54) is 10.4 Å². The zero-order valence-corrected chi connectivity index (χ0v) is 13.6. The molecule has 1 aliphatic rings. The van der Waals surface area contributed by atoms with E-state index >= 15 is 0 Å². The van der Waals surface area contributed by atoms with Crippen LogP contribution in [0.3, 0.4) is 0 Å². The van der Waals surface area contributed by atoms with Crippen molar-refractivity contribution in [3.05, 3.63) is 26.6 Å². The number of aryl methyl sites for hydroxylation is 2. The molecule has 0 spiro atoms. The molecule has 0 saturated carbocycles. The molecule has 3 N–H and O–H groups in total. The van der Waals surface area contributed by atoms with Crippen molar-refractivity contribution in [3.8, 4) is 0 Å². The summed E-state index contributed by atoms with van der Waals surface area (Å²) in [5, 5.41) is 0.757. The van der Waals surface area contributed by atoms with Gasteiger partial charge in [0.25, 0.3) is 5.56 Å². The average molecular weight is 320 g/mol. The Kier molecular flexibility index (Phi) is 4.01. The number of hydrogen-bond acceptors (Lipinski definition) is 5. The summed E-state index contributed by atoms with van der Waals surface area (Å²) in [4.78, 5) is 35.0. The highest BCUT2D eigenvalue weighted by molar-refractivity contribution is 7.18. The molecule has 3 rings (SSSR count). The third kappa shape index (κ3) is 2.78. The first-order valence-corrected chi connectivity index (χ1v) is 8.33. The lowest BCUT2D eigenvalue weighted by Gasteiger charge is -2.24. The van der Waals surface area contributed by atoms with Crippen molar-refractivity contribution in [2.45, 2.75) is 45.7 Å². The van der Waals surface area contributed by atoms with Crippen molar-refractivity contribution in [3.63, 3.8) is 0 Å². The maximum absolute atomic E-state index is 12.4. The summed E-state index contributed by atoms with van der Waals surface area (Å²) in [6.45, 7) is 4.53. The zero-order chi connectivity index (χ0) is 15.9. The number of amides is 1. The first-order valence-electron chi connectivity index (χ1n) is 7.51. The number of H-pyrrole nitrogens is 1. The van der Waals surface area contributed by atoms with Crippen molar-refractivity contribution >= 4 is 27.5 Å². The summed E-state index contributed by atoms with van der Waals surface area (Å²) >= 11 is 1.62. The summed E-state index contributed by atoms with van der Waals surface area (Å²) in [6, 6.07) is 0.141. The molecule has 0 atom stereocenters. The normalized spacial score (nSPS) is 14.2. The molecule has 0 saturated heterocycles. The molecule has 7 heteroatoms. The SMILES string of the molecule is CC(C)N(CC(N)=O)Cc1nc2sc3c(c2c(=O)[nH]1)CCC3. The molecule has 2 aromatic rings. The number of nitrogens with one attached hydrogen (secondary N) is 1. The van der Waals surface area contributed by atoms with E-state index in [9.17, 15) is 9.59 Å². The van der Waals surface area contributed by atoms with Crippen LogP contribution in [0.2, 0.25) is 0 Å². The number of aromatic amines is 1. The molecule has 2 aromatic heterocycles. The molecule has 0 aromatic carbocycles. The molecular weight excluding hydrogens is 300 g/mol. The first kappa shape index (κ1) is 15.2. The minimum atomic E-state index is -0.382. The van der Waals surface area contributed by atoms with E-state index < -0.39 is 0 Å². The maximum atomic E-state index is 12.4. The number of rotatable bonds is 5. The van der Waals surface area contributed by atoms with Gasteiger partial charge < -0.3 is 10.7 Å². The number of fused-ring (bicyclic) bond motifs is 3. The summed E-state index contributed by atoms with van der Waals surface area (Å²) in [5.41, 5.74) is 6.39. The van der Waals surface area contributed by atoms with Crippen LogP contribution in [0.5, 0.6) is 0 Å². The molecule has 0 bridgehead atoms. The van der Waals surface area contributed by atoms with E-state index in [1.54, 1.807) is 11.3 Å². The Labute approximate surface area is 132 Å². The van der Waals surface area contributed by atoms with Crippen molar-refractivity contribution < 1.29 is 4.79 Å². The second-order valence-corrected chi connectivity index (χ2v) is 7.10. The Morgan fingerprint density at radius 3 is 2.91 bits per heavy atom. The number of nitrogens with two attached hydrogens (primary N) is 1. The van der Waals surface area contributed by atoms with E-state index in [-0.39, 0.29) is 24.1 Å². The van der Waals surface area contributed by atoms with Gasteiger partial charge >= 0.3 is 0 Å². The molecule has 0 aliphatic heterocycles. The van der Waals surface area contributed by atoms with Crippen molar-refractivity contribution in [1.29, 1.82) is 0 Å². The quantitative estimate of drug-likeness (QED) is 0.865. The third-order valence-corrected chi connectivity index (χ3v) is 5.25. The van der Waals surface area contributed by atoms with Gasteiger partial charge in [0.15, 0.2) is 0 Å². The van der Waals surface area contributed by atoms with Gasteiger partial charge in [0, 0.05) is 10.9 Å². The standard InChI is InChI=1S/C15H20N4O2S/c1-8(2)19(6-11(16)20)7-12-17-14(21)13-9-4-3-5-10(9)22-15(13)18-12/h8H,3-7H2,1-2H3,(H2,16,20)(H,17,18,21). The van der Waals surface area contributed by atoms with Gasteiger partial charge in [0.1, 0.15) is 10.7 Å². The van der Waals surface area contributed by atoms with Crippen molar-refractivity contribution in [2.75, 3.05) is 6.54 Å². The van der Waals surface area contributed by atoms with Crippen LogP contribution in [-0.2, 0) is 24.2 Å². The van der Waals surface area contributed by atoms with Crippen LogP contribution in [0.25, 0.3) is 10.2 Å². The van der Waals surface area contributed by atoms with Gasteiger partial charge in [0.2, 0.25) is 5.91 Å². The number of primary amides is 1. The van der Waals surface area contributed by atoms with E-state index in [1.807, 2.05) is 18.7 Å². The lowest BCUT2D eigenvalue weighted by atomic mass is 10.2. The Morgan fingerprint density at radius 2 is 2.23 bits per heavy atom. The smallest absolute Gasteiger partial charge is 0.259 e. The molecule has 0 unspecified atom stereocenters. The van der Waals surface area contributed by atoms with E-state index in [0.29, 0.717) is 12.4 Å². The Bertz CT molecular complexity index is 778. The molecule has 1 aliphatic carbocycles. The number of carbonyl (C=O) groups is 1. The molecular formula is C15H20N4O2S. The Hall–Kier alpha value is -1.73. The second-order valence-electron chi connectivity index (χ2n) is 6.02. The van der Waals surface area contributed by atoms with Gasteiger partial charge in [-0.3, -0.25) is 14.5 Å². The number of thiophene rings is 1. The van der Waals surface area contributed by atoms with Gasteiger partial charge in [-0.05, 0) is 38.7 Å². The zero-order valence-electron chi connectivity index (χ0n) is 12.8.